The predicted molar refractivity (Wildman–Crippen MR) is 117 cm³/mol. The van der Waals surface area contributed by atoms with Crippen molar-refractivity contribution in [2.24, 2.45) is 0 Å². The van der Waals surface area contributed by atoms with Crippen LogP contribution in [0.25, 0.3) is 10.7 Å². The van der Waals surface area contributed by atoms with Crippen LogP contribution >= 0.6 is 11.3 Å². The topological polar surface area (TPSA) is 80.9 Å². The van der Waals surface area contributed by atoms with Crippen molar-refractivity contribution >= 4 is 17.2 Å². The van der Waals surface area contributed by atoms with Crippen molar-refractivity contribution in [3.05, 3.63) is 47.2 Å². The van der Waals surface area contributed by atoms with E-state index in [0.29, 0.717) is 44.2 Å². The smallest absolute Gasteiger partial charge is 0.241 e. The molecule has 0 N–H and O–H groups in total. The number of carbonyl (C=O) groups is 1. The van der Waals surface area contributed by atoms with Gasteiger partial charge in [0.1, 0.15) is 11.5 Å². The zero-order valence-corrected chi connectivity index (χ0v) is 18.6. The number of nitrogens with zero attached hydrogens (tertiary/aromatic N) is 4. The molecule has 0 bridgehead atoms. The second-order valence-electron chi connectivity index (χ2n) is 7.37. The van der Waals surface area contributed by atoms with Crippen molar-refractivity contribution in [2.75, 3.05) is 40.4 Å². The zero-order chi connectivity index (χ0) is 21.6. The lowest BCUT2D eigenvalue weighted by Crippen LogP contribution is -2.48. The molecule has 0 atom stereocenters. The van der Waals surface area contributed by atoms with Gasteiger partial charge in [-0.25, -0.2) is 0 Å². The molecule has 1 aliphatic heterocycles. The van der Waals surface area contributed by atoms with Gasteiger partial charge in [0.25, 0.3) is 0 Å². The molecule has 0 radical (unpaired) electrons. The highest BCUT2D eigenvalue weighted by molar-refractivity contribution is 7.13. The van der Waals surface area contributed by atoms with Crippen LogP contribution in [-0.4, -0.2) is 66.2 Å². The number of piperazine rings is 1. The Balaban J connectivity index is 1.24. The number of benzene rings is 1. The van der Waals surface area contributed by atoms with Gasteiger partial charge in [0, 0.05) is 38.7 Å². The second-order valence-corrected chi connectivity index (χ2v) is 8.31. The molecule has 2 aromatic heterocycles. The summed E-state index contributed by atoms with van der Waals surface area (Å²) >= 11 is 1.59. The van der Waals surface area contributed by atoms with Crippen molar-refractivity contribution in [2.45, 2.75) is 19.4 Å². The van der Waals surface area contributed by atoms with Gasteiger partial charge in [0.2, 0.25) is 17.6 Å². The molecule has 3 heterocycles. The van der Waals surface area contributed by atoms with E-state index in [1.807, 2.05) is 40.6 Å². The van der Waals surface area contributed by atoms with Crippen molar-refractivity contribution < 1.29 is 18.8 Å². The lowest BCUT2D eigenvalue weighted by atomic mass is 10.1. The molecular weight excluding hydrogens is 416 g/mol. The molecule has 9 heteroatoms. The van der Waals surface area contributed by atoms with E-state index in [-0.39, 0.29) is 5.91 Å². The van der Waals surface area contributed by atoms with Gasteiger partial charge >= 0.3 is 0 Å². The summed E-state index contributed by atoms with van der Waals surface area (Å²) in [5.41, 5.74) is 1.03. The number of rotatable bonds is 8. The van der Waals surface area contributed by atoms with Crippen LogP contribution in [0.5, 0.6) is 11.5 Å². The Hall–Kier alpha value is -2.91. The van der Waals surface area contributed by atoms with Gasteiger partial charge in [0.05, 0.1) is 25.6 Å². The highest BCUT2D eigenvalue weighted by Crippen LogP contribution is 2.24. The lowest BCUT2D eigenvalue weighted by Gasteiger charge is -2.34. The van der Waals surface area contributed by atoms with Crippen LogP contribution in [0.1, 0.15) is 17.9 Å². The van der Waals surface area contributed by atoms with Gasteiger partial charge in [-0.15, -0.1) is 11.3 Å². The van der Waals surface area contributed by atoms with Crippen LogP contribution in [0, 0.1) is 0 Å². The Morgan fingerprint density at radius 2 is 1.87 bits per heavy atom. The van der Waals surface area contributed by atoms with E-state index in [2.05, 4.69) is 15.0 Å². The number of ether oxygens (including phenoxy) is 2. The first-order valence-corrected chi connectivity index (χ1v) is 11.1. The standard InChI is InChI=1S/C22H26N4O4S/c1-28-17-12-16(13-18(14-17)29-2)5-6-21(27)26-9-7-25(8-10-26)15-20-23-22(24-30-20)19-4-3-11-31-19/h3-4,11-14H,5-10,15H2,1-2H3. The summed E-state index contributed by atoms with van der Waals surface area (Å²) in [6.45, 7) is 3.58. The van der Waals surface area contributed by atoms with E-state index < -0.39 is 0 Å². The molecule has 0 aliphatic carbocycles. The van der Waals surface area contributed by atoms with E-state index in [0.717, 1.165) is 35.0 Å². The molecule has 1 aromatic carbocycles. The molecule has 1 fully saturated rings. The highest BCUT2D eigenvalue weighted by atomic mass is 32.1. The predicted octanol–water partition coefficient (Wildman–Crippen LogP) is 3.09. The third kappa shape index (κ3) is 5.42. The maximum Gasteiger partial charge on any atom is 0.241 e. The first kappa shape index (κ1) is 21.3. The molecular formula is C22H26N4O4S. The van der Waals surface area contributed by atoms with Crippen LogP contribution in [0.2, 0.25) is 0 Å². The van der Waals surface area contributed by atoms with Crippen molar-refractivity contribution in [1.82, 2.24) is 19.9 Å². The average molecular weight is 443 g/mol. The van der Waals surface area contributed by atoms with E-state index in [9.17, 15) is 4.79 Å². The number of amides is 1. The van der Waals surface area contributed by atoms with Gasteiger partial charge in [-0.3, -0.25) is 9.69 Å². The van der Waals surface area contributed by atoms with Gasteiger partial charge in [-0.1, -0.05) is 11.2 Å². The van der Waals surface area contributed by atoms with Gasteiger partial charge in [-0.05, 0) is 35.6 Å². The number of aromatic nitrogens is 2. The van der Waals surface area contributed by atoms with E-state index in [4.69, 9.17) is 14.0 Å². The van der Waals surface area contributed by atoms with E-state index in [1.165, 1.54) is 0 Å². The monoisotopic (exact) mass is 442 g/mol. The molecule has 1 saturated heterocycles. The Morgan fingerprint density at radius 3 is 2.52 bits per heavy atom. The number of hydrogen-bond acceptors (Lipinski definition) is 8. The summed E-state index contributed by atoms with van der Waals surface area (Å²) in [6.07, 6.45) is 1.12. The Kier molecular flexibility index (Phi) is 6.83. The summed E-state index contributed by atoms with van der Waals surface area (Å²) in [6, 6.07) is 9.67. The van der Waals surface area contributed by atoms with Gasteiger partial charge in [0.15, 0.2) is 0 Å². The van der Waals surface area contributed by atoms with Crippen molar-refractivity contribution in [1.29, 1.82) is 0 Å². The molecule has 0 spiro atoms. The molecule has 164 valence electrons. The fourth-order valence-electron chi connectivity index (χ4n) is 3.59. The number of thiophene rings is 1. The van der Waals surface area contributed by atoms with E-state index in [1.54, 1.807) is 25.6 Å². The Labute approximate surface area is 185 Å². The largest absolute Gasteiger partial charge is 0.497 e. The van der Waals surface area contributed by atoms with Gasteiger partial charge < -0.3 is 18.9 Å². The minimum atomic E-state index is 0.166. The third-order valence-corrected chi connectivity index (χ3v) is 6.20. The normalized spacial score (nSPS) is 14.6. The van der Waals surface area contributed by atoms with Crippen LogP contribution < -0.4 is 9.47 Å². The minimum absolute atomic E-state index is 0.166. The fraction of sp³-hybridized carbons (Fsp3) is 0.409. The fourth-order valence-corrected chi connectivity index (χ4v) is 4.24. The van der Waals surface area contributed by atoms with Gasteiger partial charge in [-0.2, -0.15) is 4.98 Å². The van der Waals surface area contributed by atoms with Crippen LogP contribution in [0.15, 0.2) is 40.2 Å². The quantitative estimate of drug-likeness (QED) is 0.530. The molecule has 0 unspecified atom stereocenters. The summed E-state index contributed by atoms with van der Waals surface area (Å²) in [4.78, 5) is 22.3. The maximum atomic E-state index is 12.7. The first-order valence-electron chi connectivity index (χ1n) is 10.2. The van der Waals surface area contributed by atoms with Crippen LogP contribution in [-0.2, 0) is 17.8 Å². The number of carbonyl (C=O) groups excluding carboxylic acids is 1. The molecule has 3 aromatic rings. The summed E-state index contributed by atoms with van der Waals surface area (Å²) in [5.74, 6) is 2.87. The zero-order valence-electron chi connectivity index (χ0n) is 17.7. The Morgan fingerprint density at radius 1 is 1.13 bits per heavy atom. The number of aryl methyl sites for hydroxylation is 1. The Bertz CT molecular complexity index is 975. The van der Waals surface area contributed by atoms with Crippen molar-refractivity contribution in [3.8, 4) is 22.2 Å². The van der Waals surface area contributed by atoms with Crippen molar-refractivity contribution in [3.63, 3.8) is 0 Å². The molecule has 8 nitrogen and oxygen atoms in total. The molecule has 1 aliphatic rings. The number of hydrogen-bond donors (Lipinski definition) is 0. The maximum absolute atomic E-state index is 12.7. The minimum Gasteiger partial charge on any atom is -0.497 e. The summed E-state index contributed by atoms with van der Waals surface area (Å²) in [5, 5.41) is 6.05. The third-order valence-electron chi connectivity index (χ3n) is 5.33. The average Bonchev–Trinajstić information content (AvgIpc) is 3.50. The molecule has 1 amide bonds. The molecule has 4 rings (SSSR count). The number of methoxy groups -OCH3 is 2. The van der Waals surface area contributed by atoms with Crippen LogP contribution in [0.3, 0.4) is 0 Å². The summed E-state index contributed by atoms with van der Waals surface area (Å²) in [7, 11) is 3.25. The lowest BCUT2D eigenvalue weighted by molar-refractivity contribution is -0.133. The van der Waals surface area contributed by atoms with E-state index >= 15 is 0 Å². The summed E-state index contributed by atoms with van der Waals surface area (Å²) < 4.78 is 16.0. The molecule has 0 saturated carbocycles. The highest BCUT2D eigenvalue weighted by Gasteiger charge is 2.22. The second kappa shape index (κ2) is 9.93. The SMILES string of the molecule is COc1cc(CCC(=O)N2CCN(Cc3nc(-c4cccs4)no3)CC2)cc(OC)c1. The first-order chi connectivity index (χ1) is 15.1. The molecule has 31 heavy (non-hydrogen) atoms. The van der Waals surface area contributed by atoms with Crippen LogP contribution in [0.4, 0.5) is 0 Å².